The van der Waals surface area contributed by atoms with E-state index in [4.69, 9.17) is 11.6 Å². The molecule has 0 aliphatic rings. The van der Waals surface area contributed by atoms with E-state index < -0.39 is 0 Å². The van der Waals surface area contributed by atoms with Gasteiger partial charge < -0.3 is 10.2 Å². The van der Waals surface area contributed by atoms with Gasteiger partial charge in [-0.1, -0.05) is 11.6 Å². The number of hydrogen-bond acceptors (Lipinski definition) is 4. The molecule has 1 aromatic carbocycles. The molecule has 2 amide bonds. The number of anilines is 1. The smallest absolute Gasteiger partial charge is 0.257 e. The van der Waals surface area contributed by atoms with E-state index >= 15 is 0 Å². The molecule has 0 unspecified atom stereocenters. The molecular weight excluding hydrogens is 366 g/mol. The monoisotopic (exact) mass is 383 g/mol. The van der Waals surface area contributed by atoms with Crippen molar-refractivity contribution in [3.05, 3.63) is 71.1 Å². The van der Waals surface area contributed by atoms with Gasteiger partial charge in [-0.2, -0.15) is 5.10 Å². The number of aromatic nitrogens is 3. The van der Waals surface area contributed by atoms with Gasteiger partial charge in [-0.3, -0.25) is 9.59 Å². The van der Waals surface area contributed by atoms with E-state index in [1.807, 2.05) is 13.0 Å². The van der Waals surface area contributed by atoms with Crippen LogP contribution in [-0.2, 0) is 4.79 Å². The lowest BCUT2D eigenvalue weighted by molar-refractivity contribution is -0.116. The molecule has 1 N–H and O–H groups in total. The molecule has 8 heteroatoms. The fourth-order valence-electron chi connectivity index (χ4n) is 2.46. The molecule has 0 fully saturated rings. The standard InChI is InChI=1S/C19H18ClN5O2/c1-13-7-8-21-17(9-13)23-18(26)12-24(2)19(27)14-10-22-25(11-14)16-5-3-15(20)4-6-16/h3-11H,12H2,1-2H3,(H,21,23,26). The van der Waals surface area contributed by atoms with Gasteiger partial charge in [-0.05, 0) is 48.9 Å². The van der Waals surface area contributed by atoms with Gasteiger partial charge in [0.25, 0.3) is 5.91 Å². The summed E-state index contributed by atoms with van der Waals surface area (Å²) < 4.78 is 1.58. The summed E-state index contributed by atoms with van der Waals surface area (Å²) in [4.78, 5) is 30.1. The van der Waals surface area contributed by atoms with Crippen LogP contribution in [0.5, 0.6) is 0 Å². The number of nitrogens with one attached hydrogen (secondary N) is 1. The summed E-state index contributed by atoms with van der Waals surface area (Å²) in [6, 6.07) is 10.7. The molecule has 138 valence electrons. The Labute approximate surface area is 161 Å². The Bertz CT molecular complexity index is 968. The van der Waals surface area contributed by atoms with E-state index in [0.29, 0.717) is 16.4 Å². The molecule has 0 aliphatic heterocycles. The molecule has 0 saturated heterocycles. The van der Waals surface area contributed by atoms with Gasteiger partial charge in [0.1, 0.15) is 5.82 Å². The Morgan fingerprint density at radius 2 is 1.96 bits per heavy atom. The fraction of sp³-hybridized carbons (Fsp3) is 0.158. The van der Waals surface area contributed by atoms with Crippen molar-refractivity contribution in [3.63, 3.8) is 0 Å². The molecule has 0 bridgehead atoms. The van der Waals surface area contributed by atoms with E-state index in [-0.39, 0.29) is 18.4 Å². The minimum absolute atomic E-state index is 0.0966. The Kier molecular flexibility index (Phi) is 5.52. The molecule has 3 rings (SSSR count). The molecule has 2 heterocycles. The highest BCUT2D eigenvalue weighted by atomic mass is 35.5. The summed E-state index contributed by atoms with van der Waals surface area (Å²) in [5, 5.41) is 7.49. The molecule has 0 saturated carbocycles. The van der Waals surface area contributed by atoms with Crippen molar-refractivity contribution >= 4 is 29.2 Å². The SMILES string of the molecule is Cc1ccnc(NC(=O)CN(C)C(=O)c2cnn(-c3ccc(Cl)cc3)c2)c1. The van der Waals surface area contributed by atoms with E-state index in [1.165, 1.54) is 11.1 Å². The zero-order valence-electron chi connectivity index (χ0n) is 14.9. The van der Waals surface area contributed by atoms with Gasteiger partial charge in [-0.15, -0.1) is 0 Å². The molecule has 0 spiro atoms. The Hall–Kier alpha value is -3.19. The van der Waals surface area contributed by atoms with Crippen LogP contribution in [0.2, 0.25) is 5.02 Å². The lowest BCUT2D eigenvalue weighted by atomic mass is 10.3. The van der Waals surface area contributed by atoms with Crippen LogP contribution in [0.4, 0.5) is 5.82 Å². The second-order valence-corrected chi connectivity index (χ2v) is 6.51. The van der Waals surface area contributed by atoms with Crippen LogP contribution < -0.4 is 5.32 Å². The molecular formula is C19H18ClN5O2. The first kappa shape index (κ1) is 18.6. The van der Waals surface area contributed by atoms with Crippen molar-refractivity contribution in [2.45, 2.75) is 6.92 Å². The molecule has 0 radical (unpaired) electrons. The van der Waals surface area contributed by atoms with Crippen LogP contribution in [0.25, 0.3) is 5.69 Å². The molecule has 27 heavy (non-hydrogen) atoms. The maximum Gasteiger partial charge on any atom is 0.257 e. The topological polar surface area (TPSA) is 80.1 Å². The Morgan fingerprint density at radius 1 is 1.22 bits per heavy atom. The fourth-order valence-corrected chi connectivity index (χ4v) is 2.59. The predicted molar refractivity (Wildman–Crippen MR) is 103 cm³/mol. The van der Waals surface area contributed by atoms with Crippen LogP contribution in [0.3, 0.4) is 0 Å². The second kappa shape index (κ2) is 8.01. The van der Waals surface area contributed by atoms with Crippen LogP contribution in [0.15, 0.2) is 55.0 Å². The maximum atomic E-state index is 12.5. The third-order valence-corrected chi connectivity index (χ3v) is 4.08. The zero-order chi connectivity index (χ0) is 19.4. The lowest BCUT2D eigenvalue weighted by Crippen LogP contribution is -2.34. The van der Waals surface area contributed by atoms with Crippen LogP contribution in [0.1, 0.15) is 15.9 Å². The first-order valence-electron chi connectivity index (χ1n) is 8.21. The number of benzene rings is 1. The number of pyridine rings is 1. The van der Waals surface area contributed by atoms with Gasteiger partial charge >= 0.3 is 0 Å². The zero-order valence-corrected chi connectivity index (χ0v) is 15.6. The van der Waals surface area contributed by atoms with Crippen molar-refractivity contribution in [1.29, 1.82) is 0 Å². The highest BCUT2D eigenvalue weighted by molar-refractivity contribution is 6.30. The van der Waals surface area contributed by atoms with E-state index in [0.717, 1.165) is 11.3 Å². The normalized spacial score (nSPS) is 10.5. The Morgan fingerprint density at radius 3 is 2.67 bits per heavy atom. The molecule has 3 aromatic rings. The summed E-state index contributed by atoms with van der Waals surface area (Å²) in [7, 11) is 1.56. The van der Waals surface area contributed by atoms with E-state index in [1.54, 1.807) is 54.5 Å². The van der Waals surface area contributed by atoms with Gasteiger partial charge in [-0.25, -0.2) is 9.67 Å². The highest BCUT2D eigenvalue weighted by Gasteiger charge is 2.17. The molecule has 2 aromatic heterocycles. The van der Waals surface area contributed by atoms with Crippen molar-refractivity contribution in [2.24, 2.45) is 0 Å². The van der Waals surface area contributed by atoms with Gasteiger partial charge in [0.2, 0.25) is 5.91 Å². The lowest BCUT2D eigenvalue weighted by Gasteiger charge is -2.15. The summed E-state index contributed by atoms with van der Waals surface area (Å²) in [5.74, 6) is -0.173. The average Bonchev–Trinajstić information content (AvgIpc) is 3.11. The van der Waals surface area contributed by atoms with Gasteiger partial charge in [0.05, 0.1) is 24.0 Å². The summed E-state index contributed by atoms with van der Waals surface area (Å²) in [5.41, 5.74) is 2.15. The number of carbonyl (C=O) groups excluding carboxylic acids is 2. The maximum absolute atomic E-state index is 12.5. The number of halogens is 1. The third kappa shape index (κ3) is 4.71. The minimum Gasteiger partial charge on any atom is -0.332 e. The third-order valence-electron chi connectivity index (χ3n) is 3.83. The number of aryl methyl sites for hydroxylation is 1. The van der Waals surface area contributed by atoms with Crippen LogP contribution in [0, 0.1) is 6.92 Å². The number of amides is 2. The largest absolute Gasteiger partial charge is 0.332 e. The van der Waals surface area contributed by atoms with E-state index in [9.17, 15) is 9.59 Å². The predicted octanol–water partition coefficient (Wildman–Crippen LogP) is 2.94. The summed E-state index contributed by atoms with van der Waals surface area (Å²) in [6.45, 7) is 1.81. The van der Waals surface area contributed by atoms with Crippen molar-refractivity contribution < 1.29 is 9.59 Å². The number of likely N-dealkylation sites (N-methyl/N-ethyl adjacent to an activating group) is 1. The molecule has 0 aliphatic carbocycles. The van der Waals surface area contributed by atoms with Crippen molar-refractivity contribution in [3.8, 4) is 5.69 Å². The minimum atomic E-state index is -0.325. The number of carbonyl (C=O) groups is 2. The summed E-state index contributed by atoms with van der Waals surface area (Å²) in [6.07, 6.45) is 4.69. The number of rotatable bonds is 5. The highest BCUT2D eigenvalue weighted by Crippen LogP contribution is 2.14. The number of hydrogen-bond donors (Lipinski definition) is 1. The average molecular weight is 384 g/mol. The molecule has 7 nitrogen and oxygen atoms in total. The Balaban J connectivity index is 1.63. The van der Waals surface area contributed by atoms with Crippen molar-refractivity contribution in [2.75, 3.05) is 18.9 Å². The quantitative estimate of drug-likeness (QED) is 0.734. The second-order valence-electron chi connectivity index (χ2n) is 6.08. The van der Waals surface area contributed by atoms with Gasteiger partial charge in [0.15, 0.2) is 0 Å². The summed E-state index contributed by atoms with van der Waals surface area (Å²) >= 11 is 5.88. The van der Waals surface area contributed by atoms with Crippen molar-refractivity contribution in [1.82, 2.24) is 19.7 Å². The first-order chi connectivity index (χ1) is 12.9. The van der Waals surface area contributed by atoms with E-state index in [2.05, 4.69) is 15.4 Å². The molecule has 0 atom stereocenters. The number of nitrogens with zero attached hydrogens (tertiary/aromatic N) is 4. The first-order valence-corrected chi connectivity index (χ1v) is 8.59. The van der Waals surface area contributed by atoms with Gasteiger partial charge in [0, 0.05) is 24.5 Å². The van der Waals surface area contributed by atoms with Crippen LogP contribution in [-0.4, -0.2) is 45.1 Å². The van der Waals surface area contributed by atoms with Crippen LogP contribution >= 0.6 is 11.6 Å².